The van der Waals surface area contributed by atoms with Gasteiger partial charge in [-0.3, -0.25) is 14.5 Å². The minimum Gasteiger partial charge on any atom is -0.493 e. The summed E-state index contributed by atoms with van der Waals surface area (Å²) >= 11 is 0. The van der Waals surface area contributed by atoms with Gasteiger partial charge in [0.15, 0.2) is 28.8 Å². The van der Waals surface area contributed by atoms with Crippen LogP contribution >= 0.6 is 0 Å². The number of hydrogen-bond donors (Lipinski definition) is 0. The Morgan fingerprint density at radius 2 is 1.28 bits per heavy atom. The molecule has 1 heterocycles. The molecule has 0 spiro atoms. The summed E-state index contributed by atoms with van der Waals surface area (Å²) in [4.78, 5) is 27.5. The molecule has 36 heavy (non-hydrogen) atoms. The minimum absolute atomic E-state index is 0.0491. The van der Waals surface area contributed by atoms with Crippen molar-refractivity contribution in [2.24, 2.45) is 0 Å². The van der Waals surface area contributed by atoms with E-state index in [4.69, 9.17) is 23.7 Å². The molecule has 2 aromatic carbocycles. The average molecular weight is 496 g/mol. The Morgan fingerprint density at radius 1 is 0.806 bits per heavy atom. The van der Waals surface area contributed by atoms with Gasteiger partial charge in [0.25, 0.3) is 0 Å². The molecule has 8 heteroatoms. The van der Waals surface area contributed by atoms with Crippen LogP contribution in [0.4, 0.5) is 0 Å². The van der Waals surface area contributed by atoms with E-state index < -0.39 is 0 Å². The lowest BCUT2D eigenvalue weighted by Gasteiger charge is -2.29. The maximum atomic E-state index is 13.5. The summed E-state index contributed by atoms with van der Waals surface area (Å²) in [6, 6.07) is 11.0. The zero-order valence-corrected chi connectivity index (χ0v) is 21.5. The van der Waals surface area contributed by atoms with E-state index in [1.54, 1.807) is 47.5 Å². The van der Waals surface area contributed by atoms with Crippen molar-refractivity contribution in [3.05, 3.63) is 58.7 Å². The Labute approximate surface area is 212 Å². The Balaban J connectivity index is 1.96. The molecule has 0 saturated carbocycles. The van der Waals surface area contributed by atoms with Crippen molar-refractivity contribution in [3.63, 3.8) is 0 Å². The molecule has 0 aromatic heterocycles. The van der Waals surface area contributed by atoms with Crippen LogP contribution in [0.25, 0.3) is 12.2 Å². The van der Waals surface area contributed by atoms with Crippen molar-refractivity contribution in [1.82, 2.24) is 4.90 Å². The highest BCUT2D eigenvalue weighted by molar-refractivity contribution is 6.14. The van der Waals surface area contributed by atoms with E-state index in [0.29, 0.717) is 60.4 Å². The van der Waals surface area contributed by atoms with Gasteiger partial charge in [0.2, 0.25) is 0 Å². The van der Waals surface area contributed by atoms with Gasteiger partial charge >= 0.3 is 5.97 Å². The van der Waals surface area contributed by atoms with Gasteiger partial charge in [0, 0.05) is 30.8 Å². The van der Waals surface area contributed by atoms with Gasteiger partial charge in [-0.2, -0.15) is 0 Å². The number of hydrogen-bond acceptors (Lipinski definition) is 8. The molecule has 8 nitrogen and oxygen atoms in total. The standard InChI is InChI=1S/C28H33NO7/c1-6-36-27(30)11-12-29-17-21(13-19-7-9-23(32-2)25(15-19)34-4)28(31)22(18-29)14-20-8-10-24(33-3)26(16-20)35-5/h7-10,13-16H,6,11-12,17-18H2,1-5H3/b21-13-,22-14+. The third-order valence-electron chi connectivity index (χ3n) is 5.81. The van der Waals surface area contributed by atoms with Gasteiger partial charge in [-0.15, -0.1) is 0 Å². The lowest BCUT2D eigenvalue weighted by Crippen LogP contribution is -2.39. The van der Waals surface area contributed by atoms with Crippen molar-refractivity contribution >= 4 is 23.9 Å². The van der Waals surface area contributed by atoms with Crippen molar-refractivity contribution in [3.8, 4) is 23.0 Å². The number of carbonyl (C=O) groups is 2. The summed E-state index contributed by atoms with van der Waals surface area (Å²) in [5, 5.41) is 0. The van der Waals surface area contributed by atoms with Crippen LogP contribution in [0, 0.1) is 0 Å². The van der Waals surface area contributed by atoms with E-state index in [9.17, 15) is 9.59 Å². The molecule has 2 aromatic rings. The van der Waals surface area contributed by atoms with E-state index >= 15 is 0 Å². The van der Waals surface area contributed by atoms with Gasteiger partial charge < -0.3 is 23.7 Å². The summed E-state index contributed by atoms with van der Waals surface area (Å²) in [7, 11) is 6.30. The van der Waals surface area contributed by atoms with Crippen LogP contribution in [0.3, 0.4) is 0 Å². The molecule has 192 valence electrons. The number of nitrogens with zero attached hydrogens (tertiary/aromatic N) is 1. The number of piperidine rings is 1. The number of carbonyl (C=O) groups excluding carboxylic acids is 2. The fourth-order valence-corrected chi connectivity index (χ4v) is 4.04. The molecule has 1 fully saturated rings. The zero-order valence-electron chi connectivity index (χ0n) is 21.5. The average Bonchev–Trinajstić information content (AvgIpc) is 2.89. The Morgan fingerprint density at radius 3 is 1.69 bits per heavy atom. The Bertz CT molecular complexity index is 1080. The first kappa shape index (κ1) is 26.8. The molecule has 1 saturated heterocycles. The van der Waals surface area contributed by atoms with Crippen LogP contribution in [0.1, 0.15) is 24.5 Å². The lowest BCUT2D eigenvalue weighted by atomic mass is 9.94. The van der Waals surface area contributed by atoms with Crippen LogP contribution in [0.15, 0.2) is 47.5 Å². The second kappa shape index (κ2) is 12.8. The second-order valence-electron chi connectivity index (χ2n) is 8.16. The van der Waals surface area contributed by atoms with Crippen molar-refractivity contribution in [1.29, 1.82) is 0 Å². The van der Waals surface area contributed by atoms with Gasteiger partial charge in [-0.05, 0) is 54.5 Å². The predicted molar refractivity (Wildman–Crippen MR) is 138 cm³/mol. The molecular weight excluding hydrogens is 462 g/mol. The predicted octanol–water partition coefficient (Wildman–Crippen LogP) is 4.03. The van der Waals surface area contributed by atoms with Gasteiger partial charge in [-0.1, -0.05) is 12.1 Å². The quantitative estimate of drug-likeness (QED) is 0.361. The maximum absolute atomic E-state index is 13.5. The summed E-state index contributed by atoms with van der Waals surface area (Å²) in [5.41, 5.74) is 2.86. The lowest BCUT2D eigenvalue weighted by molar-refractivity contribution is -0.143. The number of ether oxygens (including phenoxy) is 5. The normalized spacial score (nSPS) is 16.2. The molecule has 0 radical (unpaired) electrons. The minimum atomic E-state index is -0.259. The summed E-state index contributed by atoms with van der Waals surface area (Å²) < 4.78 is 26.5. The molecule has 1 aliphatic rings. The van der Waals surface area contributed by atoms with Crippen LogP contribution in [0.5, 0.6) is 23.0 Å². The maximum Gasteiger partial charge on any atom is 0.307 e. The number of likely N-dealkylation sites (tertiary alicyclic amines) is 1. The van der Waals surface area contributed by atoms with Crippen molar-refractivity contribution in [2.45, 2.75) is 13.3 Å². The molecule has 3 rings (SSSR count). The van der Waals surface area contributed by atoms with E-state index in [1.807, 2.05) is 36.4 Å². The molecule has 0 unspecified atom stereocenters. The summed E-state index contributed by atoms with van der Waals surface area (Å²) in [5.74, 6) is 2.07. The first-order valence-corrected chi connectivity index (χ1v) is 11.7. The SMILES string of the molecule is CCOC(=O)CCN1C/C(=C/c2ccc(OC)c(OC)c2)C(=O)/C(=C/c2ccc(OC)c(OC)c2)C1. The highest BCUT2D eigenvalue weighted by atomic mass is 16.5. The largest absolute Gasteiger partial charge is 0.493 e. The number of benzene rings is 2. The van der Waals surface area contributed by atoms with E-state index in [-0.39, 0.29) is 18.2 Å². The van der Waals surface area contributed by atoms with Gasteiger partial charge in [0.05, 0.1) is 41.5 Å². The number of Topliss-reactive ketones (excluding diaryl/α,β-unsaturated/α-hetero) is 1. The van der Waals surface area contributed by atoms with E-state index in [2.05, 4.69) is 4.90 Å². The number of methoxy groups -OCH3 is 4. The number of ketones is 1. The number of rotatable bonds is 10. The van der Waals surface area contributed by atoms with Crippen LogP contribution in [0.2, 0.25) is 0 Å². The number of esters is 1. The third-order valence-corrected chi connectivity index (χ3v) is 5.81. The van der Waals surface area contributed by atoms with Crippen molar-refractivity contribution < 1.29 is 33.3 Å². The fourth-order valence-electron chi connectivity index (χ4n) is 4.04. The fraction of sp³-hybridized carbons (Fsp3) is 0.357. The van der Waals surface area contributed by atoms with E-state index in [0.717, 1.165) is 11.1 Å². The summed E-state index contributed by atoms with van der Waals surface area (Å²) in [6.07, 6.45) is 3.95. The van der Waals surface area contributed by atoms with Crippen molar-refractivity contribution in [2.75, 3.05) is 54.7 Å². The molecule has 0 amide bonds. The van der Waals surface area contributed by atoms with Gasteiger partial charge in [-0.25, -0.2) is 0 Å². The molecule has 0 atom stereocenters. The van der Waals surface area contributed by atoms with Crippen LogP contribution in [-0.2, 0) is 14.3 Å². The smallest absolute Gasteiger partial charge is 0.307 e. The molecule has 0 N–H and O–H groups in total. The Hall–Kier alpha value is -3.78. The third kappa shape index (κ3) is 6.66. The molecule has 0 bridgehead atoms. The highest BCUT2D eigenvalue weighted by Crippen LogP contribution is 2.31. The summed E-state index contributed by atoms with van der Waals surface area (Å²) in [6.45, 7) is 3.42. The van der Waals surface area contributed by atoms with Crippen LogP contribution < -0.4 is 18.9 Å². The van der Waals surface area contributed by atoms with Crippen LogP contribution in [-0.4, -0.2) is 71.3 Å². The Kier molecular flexibility index (Phi) is 9.53. The highest BCUT2D eigenvalue weighted by Gasteiger charge is 2.27. The van der Waals surface area contributed by atoms with Gasteiger partial charge in [0.1, 0.15) is 0 Å². The molecular formula is C28H33NO7. The van der Waals surface area contributed by atoms with E-state index in [1.165, 1.54) is 0 Å². The first-order valence-electron chi connectivity index (χ1n) is 11.7. The second-order valence-corrected chi connectivity index (χ2v) is 8.16. The monoisotopic (exact) mass is 495 g/mol. The first-order chi connectivity index (χ1) is 17.4. The molecule has 1 aliphatic heterocycles. The zero-order chi connectivity index (χ0) is 26.1. The topological polar surface area (TPSA) is 83.5 Å². The molecule has 0 aliphatic carbocycles.